The Balaban J connectivity index is 1.88. The van der Waals surface area contributed by atoms with Gasteiger partial charge in [0.05, 0.1) is 5.02 Å². The zero-order chi connectivity index (χ0) is 18.9. The van der Waals surface area contributed by atoms with Crippen molar-refractivity contribution in [3.8, 4) is 5.75 Å². The molecule has 6 heteroatoms. The molecule has 26 heavy (non-hydrogen) atoms. The van der Waals surface area contributed by atoms with Gasteiger partial charge in [-0.2, -0.15) is 0 Å². The molecule has 1 amide bonds. The van der Waals surface area contributed by atoms with Crippen LogP contribution in [0, 0.1) is 0 Å². The van der Waals surface area contributed by atoms with Crippen molar-refractivity contribution in [1.82, 2.24) is 0 Å². The number of carbonyl (C=O) groups is 2. The van der Waals surface area contributed by atoms with Gasteiger partial charge in [-0.15, -0.1) is 0 Å². The molecule has 0 bridgehead atoms. The molecule has 0 aliphatic rings. The Hall–Kier alpha value is -2.04. The third kappa shape index (κ3) is 6.04. The van der Waals surface area contributed by atoms with E-state index in [9.17, 15) is 9.59 Å². The first-order valence-electron chi connectivity index (χ1n) is 8.51. The SMILES string of the molecule is CCCCCC(=O)Nc1ccc(C(=O)COc2cccc(Cl)c2Cl)cc1. The number of benzene rings is 2. The molecular weight excluding hydrogens is 373 g/mol. The van der Waals surface area contributed by atoms with Crippen molar-refractivity contribution < 1.29 is 14.3 Å². The monoisotopic (exact) mass is 393 g/mol. The van der Waals surface area contributed by atoms with Crippen LogP contribution in [-0.4, -0.2) is 18.3 Å². The molecule has 2 aromatic carbocycles. The highest BCUT2D eigenvalue weighted by molar-refractivity contribution is 6.42. The van der Waals surface area contributed by atoms with Crippen LogP contribution in [0.2, 0.25) is 10.0 Å². The third-order valence-electron chi connectivity index (χ3n) is 3.77. The Morgan fingerprint density at radius 3 is 2.46 bits per heavy atom. The zero-order valence-corrected chi connectivity index (χ0v) is 16.1. The van der Waals surface area contributed by atoms with E-state index in [0.717, 1.165) is 19.3 Å². The number of ether oxygens (including phenoxy) is 1. The van der Waals surface area contributed by atoms with Crippen LogP contribution in [0.3, 0.4) is 0 Å². The lowest BCUT2D eigenvalue weighted by atomic mass is 10.1. The van der Waals surface area contributed by atoms with E-state index in [1.807, 2.05) is 0 Å². The number of nitrogens with one attached hydrogen (secondary N) is 1. The van der Waals surface area contributed by atoms with Crippen molar-refractivity contribution in [1.29, 1.82) is 0 Å². The summed E-state index contributed by atoms with van der Waals surface area (Å²) in [5.74, 6) is 0.154. The summed E-state index contributed by atoms with van der Waals surface area (Å²) < 4.78 is 5.45. The van der Waals surface area contributed by atoms with Crippen LogP contribution in [0.4, 0.5) is 5.69 Å². The first-order valence-corrected chi connectivity index (χ1v) is 9.26. The minimum Gasteiger partial charge on any atom is -0.484 e. The predicted octanol–water partition coefficient (Wildman–Crippen LogP) is 5.77. The van der Waals surface area contributed by atoms with Crippen molar-refractivity contribution in [2.24, 2.45) is 0 Å². The minimum atomic E-state index is -0.193. The number of unbranched alkanes of at least 4 members (excludes halogenated alkanes) is 2. The molecule has 0 unspecified atom stereocenters. The summed E-state index contributed by atoms with van der Waals surface area (Å²) in [4.78, 5) is 24.0. The van der Waals surface area contributed by atoms with E-state index < -0.39 is 0 Å². The molecule has 0 fully saturated rings. The molecule has 0 aromatic heterocycles. The first-order chi connectivity index (χ1) is 12.5. The molecule has 0 saturated carbocycles. The lowest BCUT2D eigenvalue weighted by Gasteiger charge is -2.09. The topological polar surface area (TPSA) is 55.4 Å². The van der Waals surface area contributed by atoms with Gasteiger partial charge in [-0.25, -0.2) is 0 Å². The van der Waals surface area contributed by atoms with Crippen LogP contribution in [0.25, 0.3) is 0 Å². The van der Waals surface area contributed by atoms with Gasteiger partial charge in [0.25, 0.3) is 0 Å². The number of carbonyl (C=O) groups excluding carboxylic acids is 2. The molecule has 0 atom stereocenters. The second-order valence-corrected chi connectivity index (χ2v) is 6.63. The van der Waals surface area contributed by atoms with Crippen LogP contribution in [0.15, 0.2) is 42.5 Å². The van der Waals surface area contributed by atoms with E-state index in [4.69, 9.17) is 27.9 Å². The van der Waals surface area contributed by atoms with E-state index >= 15 is 0 Å². The fourth-order valence-electron chi connectivity index (χ4n) is 2.32. The normalized spacial score (nSPS) is 10.4. The van der Waals surface area contributed by atoms with Crippen LogP contribution in [0.5, 0.6) is 5.75 Å². The van der Waals surface area contributed by atoms with E-state index in [1.165, 1.54) is 0 Å². The molecule has 138 valence electrons. The highest BCUT2D eigenvalue weighted by Crippen LogP contribution is 2.31. The summed E-state index contributed by atoms with van der Waals surface area (Å²) in [6, 6.07) is 11.7. The fourth-order valence-corrected chi connectivity index (χ4v) is 2.67. The number of hydrogen-bond donors (Lipinski definition) is 1. The van der Waals surface area contributed by atoms with Crippen LogP contribution < -0.4 is 10.1 Å². The van der Waals surface area contributed by atoms with E-state index in [0.29, 0.717) is 28.4 Å². The number of halogens is 2. The molecule has 4 nitrogen and oxygen atoms in total. The molecule has 0 spiro atoms. The number of amides is 1. The van der Waals surface area contributed by atoms with Gasteiger partial charge in [-0.05, 0) is 42.8 Å². The van der Waals surface area contributed by atoms with Crippen molar-refractivity contribution in [2.75, 3.05) is 11.9 Å². The van der Waals surface area contributed by atoms with Crippen molar-refractivity contribution in [3.05, 3.63) is 58.1 Å². The predicted molar refractivity (Wildman–Crippen MR) is 106 cm³/mol. The average molecular weight is 394 g/mol. The van der Waals surface area contributed by atoms with E-state index in [2.05, 4.69) is 12.2 Å². The average Bonchev–Trinajstić information content (AvgIpc) is 2.63. The van der Waals surface area contributed by atoms with Crippen molar-refractivity contribution in [3.63, 3.8) is 0 Å². The fraction of sp³-hybridized carbons (Fsp3) is 0.300. The van der Waals surface area contributed by atoms with Gasteiger partial charge >= 0.3 is 0 Å². The van der Waals surface area contributed by atoms with Gasteiger partial charge in [-0.1, -0.05) is 49.0 Å². The summed E-state index contributed by atoms with van der Waals surface area (Å²) in [7, 11) is 0. The van der Waals surface area contributed by atoms with Gasteiger partial charge in [0.2, 0.25) is 5.91 Å². The summed E-state index contributed by atoms with van der Waals surface area (Å²) in [5, 5.41) is 3.48. The number of hydrogen-bond acceptors (Lipinski definition) is 3. The maximum Gasteiger partial charge on any atom is 0.224 e. The molecule has 2 aromatic rings. The lowest BCUT2D eigenvalue weighted by Crippen LogP contribution is -2.13. The quantitative estimate of drug-likeness (QED) is 0.434. The Bertz CT molecular complexity index is 760. The highest BCUT2D eigenvalue weighted by atomic mass is 35.5. The molecule has 0 saturated heterocycles. The molecule has 0 radical (unpaired) electrons. The number of ketones is 1. The maximum atomic E-state index is 12.2. The number of anilines is 1. The third-order valence-corrected chi connectivity index (χ3v) is 4.57. The second-order valence-electron chi connectivity index (χ2n) is 5.85. The Labute approximate surface area is 163 Å². The maximum absolute atomic E-state index is 12.2. The summed E-state index contributed by atoms with van der Waals surface area (Å²) in [6.45, 7) is 1.94. The standard InChI is InChI=1S/C20H21Cl2NO3/c1-2-3-4-8-19(25)23-15-11-9-14(10-12-15)17(24)13-26-18-7-5-6-16(21)20(18)22/h5-7,9-12H,2-4,8,13H2,1H3,(H,23,25). The Morgan fingerprint density at radius 1 is 1.04 bits per heavy atom. The van der Waals surface area contributed by atoms with Crippen LogP contribution in [-0.2, 0) is 4.79 Å². The Morgan fingerprint density at radius 2 is 1.77 bits per heavy atom. The molecule has 0 heterocycles. The van der Waals surface area contributed by atoms with Gasteiger partial charge < -0.3 is 10.1 Å². The van der Waals surface area contributed by atoms with Gasteiger partial charge in [0, 0.05) is 17.7 Å². The molecule has 0 aliphatic heterocycles. The van der Waals surface area contributed by atoms with Crippen LogP contribution in [0.1, 0.15) is 43.0 Å². The second kappa shape index (κ2) is 10.2. The summed E-state index contributed by atoms with van der Waals surface area (Å²) >= 11 is 11.9. The van der Waals surface area contributed by atoms with Crippen LogP contribution >= 0.6 is 23.2 Å². The van der Waals surface area contributed by atoms with Gasteiger partial charge in [-0.3, -0.25) is 9.59 Å². The van der Waals surface area contributed by atoms with Crippen molar-refractivity contribution in [2.45, 2.75) is 32.6 Å². The number of rotatable bonds is 9. The lowest BCUT2D eigenvalue weighted by molar-refractivity contribution is -0.116. The molecule has 0 aliphatic carbocycles. The summed E-state index contributed by atoms with van der Waals surface area (Å²) in [6.07, 6.45) is 3.50. The smallest absolute Gasteiger partial charge is 0.224 e. The van der Waals surface area contributed by atoms with Gasteiger partial charge in [0.15, 0.2) is 12.4 Å². The molecule has 2 rings (SSSR count). The summed E-state index contributed by atoms with van der Waals surface area (Å²) in [5.41, 5.74) is 1.16. The largest absolute Gasteiger partial charge is 0.484 e. The molecular formula is C20H21Cl2NO3. The zero-order valence-electron chi connectivity index (χ0n) is 14.6. The Kier molecular flexibility index (Phi) is 7.95. The number of Topliss-reactive ketones (excluding diaryl/α,β-unsaturated/α-hetero) is 1. The minimum absolute atomic E-state index is 0.0172. The van der Waals surface area contributed by atoms with E-state index in [-0.39, 0.29) is 23.3 Å². The first kappa shape index (κ1) is 20.3. The molecule has 1 N–H and O–H groups in total. The van der Waals surface area contributed by atoms with Gasteiger partial charge in [0.1, 0.15) is 10.8 Å². The van der Waals surface area contributed by atoms with Crippen molar-refractivity contribution >= 4 is 40.6 Å². The van der Waals surface area contributed by atoms with E-state index in [1.54, 1.807) is 42.5 Å². The highest BCUT2D eigenvalue weighted by Gasteiger charge is 2.11.